The first-order valence-corrected chi connectivity index (χ1v) is 5.96. The van der Waals surface area contributed by atoms with Crippen LogP contribution >= 0.6 is 22.6 Å². The zero-order chi connectivity index (χ0) is 11.5. The van der Waals surface area contributed by atoms with E-state index in [0.717, 1.165) is 3.57 Å². The number of hydrogen-bond acceptors (Lipinski definition) is 2. The maximum atomic E-state index is 11.4. The highest BCUT2D eigenvalue weighted by atomic mass is 127. The number of hydrogen-bond donors (Lipinski definition) is 0. The third-order valence-corrected chi connectivity index (χ3v) is 2.45. The van der Waals surface area contributed by atoms with Crippen LogP contribution in [0, 0.1) is 3.57 Å². The third-order valence-electron chi connectivity index (χ3n) is 1.81. The SMILES string of the molecule is CC(C)(C)OCCn1cc(I)ccc1=O. The molecule has 0 amide bonds. The van der Waals surface area contributed by atoms with E-state index in [4.69, 9.17) is 4.74 Å². The zero-order valence-corrected chi connectivity index (χ0v) is 11.4. The average molecular weight is 321 g/mol. The van der Waals surface area contributed by atoms with E-state index in [1.807, 2.05) is 33.0 Å². The molecule has 3 nitrogen and oxygen atoms in total. The van der Waals surface area contributed by atoms with Crippen molar-refractivity contribution in [2.24, 2.45) is 0 Å². The summed E-state index contributed by atoms with van der Waals surface area (Å²) in [7, 11) is 0. The summed E-state index contributed by atoms with van der Waals surface area (Å²) in [6.07, 6.45) is 1.84. The molecule has 1 rings (SSSR count). The number of aromatic nitrogens is 1. The highest BCUT2D eigenvalue weighted by Gasteiger charge is 2.09. The van der Waals surface area contributed by atoms with E-state index < -0.39 is 0 Å². The van der Waals surface area contributed by atoms with E-state index in [0.29, 0.717) is 13.2 Å². The molecule has 0 saturated heterocycles. The van der Waals surface area contributed by atoms with E-state index in [1.54, 1.807) is 10.6 Å². The molecule has 0 unspecified atom stereocenters. The van der Waals surface area contributed by atoms with Crippen molar-refractivity contribution in [3.63, 3.8) is 0 Å². The monoisotopic (exact) mass is 321 g/mol. The van der Waals surface area contributed by atoms with Crippen molar-refractivity contribution in [1.29, 1.82) is 0 Å². The van der Waals surface area contributed by atoms with E-state index >= 15 is 0 Å². The van der Waals surface area contributed by atoms with Crippen molar-refractivity contribution in [2.45, 2.75) is 32.9 Å². The van der Waals surface area contributed by atoms with Gasteiger partial charge in [0, 0.05) is 22.4 Å². The fourth-order valence-corrected chi connectivity index (χ4v) is 1.64. The molecule has 0 fully saturated rings. The molecule has 0 aliphatic carbocycles. The maximum Gasteiger partial charge on any atom is 0.250 e. The van der Waals surface area contributed by atoms with Gasteiger partial charge in [-0.25, -0.2) is 0 Å². The Labute approximate surface area is 104 Å². The molecule has 0 atom stereocenters. The minimum Gasteiger partial charge on any atom is -0.374 e. The van der Waals surface area contributed by atoms with Crippen LogP contribution in [0.5, 0.6) is 0 Å². The second-order valence-electron chi connectivity index (χ2n) is 4.34. The van der Waals surface area contributed by atoms with Crippen molar-refractivity contribution in [2.75, 3.05) is 6.61 Å². The molecule has 1 aromatic rings. The molecular weight excluding hydrogens is 305 g/mol. The van der Waals surface area contributed by atoms with Crippen LogP contribution in [0.15, 0.2) is 23.1 Å². The van der Waals surface area contributed by atoms with Crippen LogP contribution in [0.25, 0.3) is 0 Å². The predicted molar refractivity (Wildman–Crippen MR) is 69.1 cm³/mol. The highest BCUT2D eigenvalue weighted by molar-refractivity contribution is 14.1. The van der Waals surface area contributed by atoms with Gasteiger partial charge in [0.1, 0.15) is 0 Å². The standard InChI is InChI=1S/C11H16INO2/c1-11(2,3)15-7-6-13-8-9(12)4-5-10(13)14/h4-5,8H,6-7H2,1-3H3. The second-order valence-corrected chi connectivity index (χ2v) is 5.59. The molecule has 1 aromatic heterocycles. The van der Waals surface area contributed by atoms with Gasteiger partial charge in [-0.15, -0.1) is 0 Å². The average Bonchev–Trinajstić information content (AvgIpc) is 2.09. The molecule has 0 saturated carbocycles. The lowest BCUT2D eigenvalue weighted by Gasteiger charge is -2.19. The molecule has 0 spiro atoms. The summed E-state index contributed by atoms with van der Waals surface area (Å²) < 4.78 is 8.30. The number of nitrogens with zero attached hydrogens (tertiary/aromatic N) is 1. The van der Waals surface area contributed by atoms with Gasteiger partial charge in [0.2, 0.25) is 0 Å². The van der Waals surface area contributed by atoms with Crippen LogP contribution < -0.4 is 5.56 Å². The molecule has 84 valence electrons. The summed E-state index contributed by atoms with van der Waals surface area (Å²) in [5.41, 5.74) is -0.126. The van der Waals surface area contributed by atoms with Gasteiger partial charge in [-0.1, -0.05) is 0 Å². The number of pyridine rings is 1. The first-order valence-electron chi connectivity index (χ1n) is 4.88. The Balaban J connectivity index is 2.58. The van der Waals surface area contributed by atoms with Crippen LogP contribution in [-0.4, -0.2) is 16.8 Å². The first-order chi connectivity index (χ1) is 6.88. The molecule has 0 aliphatic rings. The molecular formula is C11H16INO2. The fraction of sp³-hybridized carbons (Fsp3) is 0.545. The number of ether oxygens (including phenoxy) is 1. The van der Waals surface area contributed by atoms with Crippen LogP contribution in [0.3, 0.4) is 0 Å². The van der Waals surface area contributed by atoms with Crippen molar-refractivity contribution < 1.29 is 4.74 Å². The summed E-state index contributed by atoms with van der Waals surface area (Å²) in [4.78, 5) is 11.4. The van der Waals surface area contributed by atoms with Crippen molar-refractivity contribution in [3.05, 3.63) is 32.3 Å². The molecule has 0 radical (unpaired) electrons. The summed E-state index contributed by atoms with van der Waals surface area (Å²) in [5, 5.41) is 0. The minimum absolute atomic E-state index is 0.0212. The van der Waals surface area contributed by atoms with E-state index in [-0.39, 0.29) is 11.2 Å². The highest BCUT2D eigenvalue weighted by Crippen LogP contribution is 2.06. The third kappa shape index (κ3) is 4.79. The largest absolute Gasteiger partial charge is 0.374 e. The quantitative estimate of drug-likeness (QED) is 0.800. The summed E-state index contributed by atoms with van der Waals surface area (Å²) in [6, 6.07) is 3.39. The number of halogens is 1. The number of rotatable bonds is 3. The van der Waals surface area contributed by atoms with Gasteiger partial charge < -0.3 is 9.30 Å². The Morgan fingerprint density at radius 2 is 2.07 bits per heavy atom. The molecule has 0 aliphatic heterocycles. The smallest absolute Gasteiger partial charge is 0.250 e. The lowest BCUT2D eigenvalue weighted by molar-refractivity contribution is -0.00714. The van der Waals surface area contributed by atoms with Gasteiger partial charge in [0.25, 0.3) is 5.56 Å². The van der Waals surface area contributed by atoms with Gasteiger partial charge in [-0.3, -0.25) is 4.79 Å². The Kier molecular flexibility index (Phi) is 4.33. The van der Waals surface area contributed by atoms with E-state index in [9.17, 15) is 4.79 Å². The van der Waals surface area contributed by atoms with Crippen LogP contribution in [0.4, 0.5) is 0 Å². The van der Waals surface area contributed by atoms with Gasteiger partial charge in [0.15, 0.2) is 0 Å². The Morgan fingerprint density at radius 1 is 1.40 bits per heavy atom. The molecule has 0 aromatic carbocycles. The summed E-state index contributed by atoms with van der Waals surface area (Å²) >= 11 is 2.19. The lowest BCUT2D eigenvalue weighted by atomic mass is 10.2. The van der Waals surface area contributed by atoms with E-state index in [2.05, 4.69) is 22.6 Å². The molecule has 1 heterocycles. The Morgan fingerprint density at radius 3 is 2.67 bits per heavy atom. The Bertz CT molecular complexity index is 379. The summed E-state index contributed by atoms with van der Waals surface area (Å²) in [5.74, 6) is 0. The molecule has 4 heteroatoms. The van der Waals surface area contributed by atoms with Gasteiger partial charge in [0.05, 0.1) is 12.2 Å². The van der Waals surface area contributed by atoms with Crippen molar-refractivity contribution in [1.82, 2.24) is 4.57 Å². The van der Waals surface area contributed by atoms with Crippen molar-refractivity contribution >= 4 is 22.6 Å². The second kappa shape index (κ2) is 5.12. The minimum atomic E-state index is -0.147. The molecule has 15 heavy (non-hydrogen) atoms. The molecule has 0 N–H and O–H groups in total. The summed E-state index contributed by atoms with van der Waals surface area (Å²) in [6.45, 7) is 7.18. The maximum absolute atomic E-state index is 11.4. The van der Waals surface area contributed by atoms with Gasteiger partial charge in [-0.2, -0.15) is 0 Å². The van der Waals surface area contributed by atoms with Crippen LogP contribution in [0.1, 0.15) is 20.8 Å². The van der Waals surface area contributed by atoms with Crippen LogP contribution in [-0.2, 0) is 11.3 Å². The lowest BCUT2D eigenvalue weighted by Crippen LogP contribution is -2.26. The van der Waals surface area contributed by atoms with Gasteiger partial charge in [-0.05, 0) is 49.4 Å². The van der Waals surface area contributed by atoms with Crippen LogP contribution in [0.2, 0.25) is 0 Å². The molecule has 0 bridgehead atoms. The van der Waals surface area contributed by atoms with E-state index in [1.165, 1.54) is 0 Å². The van der Waals surface area contributed by atoms with Gasteiger partial charge >= 0.3 is 0 Å². The first kappa shape index (κ1) is 12.7. The normalized spacial score (nSPS) is 11.7. The topological polar surface area (TPSA) is 31.2 Å². The predicted octanol–water partition coefficient (Wildman–Crippen LogP) is 2.27. The zero-order valence-electron chi connectivity index (χ0n) is 9.29. The fourth-order valence-electron chi connectivity index (χ4n) is 1.13. The Hall–Kier alpha value is -0.360. The van der Waals surface area contributed by atoms with Crippen molar-refractivity contribution in [3.8, 4) is 0 Å².